The number of aliphatic hydroxyl groups excluding tert-OH is 1. The van der Waals surface area contributed by atoms with Crippen LogP contribution in [0, 0.1) is 5.92 Å². The normalized spacial score (nSPS) is 17.1. The van der Waals surface area contributed by atoms with Crippen molar-refractivity contribution >= 4 is 17.5 Å². The number of anilines is 1. The smallest absolute Gasteiger partial charge is 0.258 e. The number of likely N-dealkylation sites (N-methyl/N-ethyl adjacent to an activating group) is 1. The number of carbonyl (C=O) groups is 2. The van der Waals surface area contributed by atoms with Crippen molar-refractivity contribution in [1.82, 2.24) is 9.80 Å². The number of hydrogen-bond donors (Lipinski definition) is 2. The summed E-state index contributed by atoms with van der Waals surface area (Å²) in [7, 11) is 2.04. The van der Waals surface area contributed by atoms with E-state index in [1.165, 1.54) is 0 Å². The third kappa shape index (κ3) is 8.29. The van der Waals surface area contributed by atoms with Crippen LogP contribution in [0.4, 0.5) is 5.69 Å². The Balaban J connectivity index is 1.34. The second-order valence-electron chi connectivity index (χ2n) is 11.8. The highest BCUT2D eigenvalue weighted by Crippen LogP contribution is 2.35. The first-order chi connectivity index (χ1) is 21.8. The molecule has 5 rings (SSSR count). The summed E-state index contributed by atoms with van der Waals surface area (Å²) in [5.74, 6) is 1.42. The number of rotatable bonds is 11. The van der Waals surface area contributed by atoms with Gasteiger partial charge in [0.1, 0.15) is 17.6 Å². The lowest BCUT2D eigenvalue weighted by Crippen LogP contribution is -2.49. The van der Waals surface area contributed by atoms with Crippen LogP contribution in [0.2, 0.25) is 0 Å². The number of nitrogens with zero attached hydrogens (tertiary/aromatic N) is 2. The lowest BCUT2D eigenvalue weighted by molar-refractivity contribution is -0.115. The fourth-order valence-corrected chi connectivity index (χ4v) is 5.51. The number of benzene rings is 4. The van der Waals surface area contributed by atoms with Crippen molar-refractivity contribution in [3.63, 3.8) is 0 Å². The van der Waals surface area contributed by atoms with Gasteiger partial charge in [-0.2, -0.15) is 0 Å². The number of aliphatic hydroxyl groups is 1. The molecule has 1 aliphatic rings. The molecular weight excluding hydrogens is 566 g/mol. The van der Waals surface area contributed by atoms with Crippen molar-refractivity contribution in [3.05, 3.63) is 120 Å². The third-order valence-electron chi connectivity index (χ3n) is 8.02. The molecule has 8 heteroatoms. The third-order valence-corrected chi connectivity index (χ3v) is 8.02. The molecule has 2 amide bonds. The maximum Gasteiger partial charge on any atom is 0.258 e. The van der Waals surface area contributed by atoms with Crippen molar-refractivity contribution in [2.45, 2.75) is 39.0 Å². The van der Waals surface area contributed by atoms with Crippen LogP contribution in [0.1, 0.15) is 35.3 Å². The van der Waals surface area contributed by atoms with Crippen molar-refractivity contribution in [1.29, 1.82) is 0 Å². The Morgan fingerprint density at radius 3 is 2.31 bits per heavy atom. The molecule has 4 aromatic rings. The molecule has 0 unspecified atom stereocenters. The van der Waals surface area contributed by atoms with Gasteiger partial charge in [0.25, 0.3) is 5.91 Å². The van der Waals surface area contributed by atoms with Crippen molar-refractivity contribution in [2.24, 2.45) is 5.92 Å². The highest BCUT2D eigenvalue weighted by atomic mass is 16.5. The molecule has 45 heavy (non-hydrogen) atoms. The van der Waals surface area contributed by atoms with Crippen LogP contribution in [0.25, 0.3) is 0 Å². The van der Waals surface area contributed by atoms with Crippen LogP contribution in [0.15, 0.2) is 103 Å². The van der Waals surface area contributed by atoms with Crippen LogP contribution in [0.3, 0.4) is 0 Å². The van der Waals surface area contributed by atoms with Crippen molar-refractivity contribution < 1.29 is 24.2 Å². The molecule has 0 bridgehead atoms. The second-order valence-corrected chi connectivity index (χ2v) is 11.8. The van der Waals surface area contributed by atoms with E-state index in [1.807, 2.05) is 86.8 Å². The summed E-state index contributed by atoms with van der Waals surface area (Å²) in [5, 5.41) is 13.0. The number of carbonyl (C=O) groups excluding carboxylic acids is 2. The molecular formula is C37H41N3O5. The van der Waals surface area contributed by atoms with Gasteiger partial charge in [-0.15, -0.1) is 0 Å². The maximum absolute atomic E-state index is 13.8. The van der Waals surface area contributed by atoms with Crippen LogP contribution >= 0.6 is 0 Å². The van der Waals surface area contributed by atoms with Gasteiger partial charge < -0.3 is 24.8 Å². The Kier molecular flexibility index (Phi) is 10.5. The van der Waals surface area contributed by atoms with Crippen molar-refractivity contribution in [3.8, 4) is 17.2 Å². The zero-order valence-electron chi connectivity index (χ0n) is 26.1. The fourth-order valence-electron chi connectivity index (χ4n) is 5.51. The van der Waals surface area contributed by atoms with Gasteiger partial charge >= 0.3 is 0 Å². The Morgan fingerprint density at radius 2 is 1.62 bits per heavy atom. The van der Waals surface area contributed by atoms with E-state index in [9.17, 15) is 14.7 Å². The first kappa shape index (κ1) is 31.8. The van der Waals surface area contributed by atoms with E-state index in [1.54, 1.807) is 23.1 Å². The molecule has 0 saturated carbocycles. The zero-order chi connectivity index (χ0) is 31.8. The van der Waals surface area contributed by atoms with E-state index in [0.717, 1.165) is 22.6 Å². The highest BCUT2D eigenvalue weighted by molar-refractivity contribution is 6.02. The van der Waals surface area contributed by atoms with E-state index < -0.39 is 0 Å². The monoisotopic (exact) mass is 607 g/mol. The van der Waals surface area contributed by atoms with Crippen molar-refractivity contribution in [2.75, 3.05) is 32.1 Å². The molecule has 234 valence electrons. The topological polar surface area (TPSA) is 91.3 Å². The minimum absolute atomic E-state index is 0.0618. The molecule has 0 radical (unpaired) electrons. The number of amides is 2. The SMILES string of the molecule is C[C@H](CO)N1C[C@H](C)[C@@H](CN(C)Cc2ccc(Oc3ccccc3)cc2)Oc2c(NC(=O)Cc3ccccc3)cccc2C1=O. The predicted octanol–water partition coefficient (Wildman–Crippen LogP) is 6.01. The van der Waals surface area contributed by atoms with Crippen LogP contribution in [-0.4, -0.2) is 65.6 Å². The Bertz CT molecular complexity index is 1560. The molecule has 3 atom stereocenters. The summed E-state index contributed by atoms with van der Waals surface area (Å²) >= 11 is 0. The highest BCUT2D eigenvalue weighted by Gasteiger charge is 2.34. The Hall–Kier alpha value is -4.66. The van der Waals surface area contributed by atoms with E-state index >= 15 is 0 Å². The average Bonchev–Trinajstić information content (AvgIpc) is 3.04. The molecule has 2 N–H and O–H groups in total. The Morgan fingerprint density at radius 1 is 0.956 bits per heavy atom. The van der Waals surface area contributed by atoms with E-state index in [2.05, 4.69) is 29.3 Å². The number of para-hydroxylation sites is 2. The predicted molar refractivity (Wildman–Crippen MR) is 176 cm³/mol. The first-order valence-corrected chi connectivity index (χ1v) is 15.4. The summed E-state index contributed by atoms with van der Waals surface area (Å²) in [6, 6.07) is 32.1. The summed E-state index contributed by atoms with van der Waals surface area (Å²) in [4.78, 5) is 30.7. The molecule has 4 aromatic carbocycles. The maximum atomic E-state index is 13.8. The molecule has 0 aromatic heterocycles. The van der Waals surface area contributed by atoms with Gasteiger partial charge in [-0.05, 0) is 61.5 Å². The summed E-state index contributed by atoms with van der Waals surface area (Å²) in [6.07, 6.45) is -0.104. The molecule has 1 aliphatic heterocycles. The number of fused-ring (bicyclic) bond motifs is 1. The summed E-state index contributed by atoms with van der Waals surface area (Å²) in [6.45, 7) is 5.41. The minimum Gasteiger partial charge on any atom is -0.486 e. The zero-order valence-corrected chi connectivity index (χ0v) is 26.1. The van der Waals surface area contributed by atoms with E-state index in [4.69, 9.17) is 9.47 Å². The van der Waals surface area contributed by atoms with Gasteiger partial charge in [0.15, 0.2) is 5.75 Å². The molecule has 0 aliphatic carbocycles. The second kappa shape index (κ2) is 14.9. The Labute approximate surface area is 265 Å². The van der Waals surface area contributed by atoms with Gasteiger partial charge in [0.05, 0.1) is 30.3 Å². The number of hydrogen-bond acceptors (Lipinski definition) is 6. The molecule has 1 heterocycles. The molecule has 0 spiro atoms. The summed E-state index contributed by atoms with van der Waals surface area (Å²) in [5.41, 5.74) is 2.83. The van der Waals surface area contributed by atoms with E-state index in [-0.39, 0.29) is 42.9 Å². The standard InChI is InChI=1S/C37H41N3O5/c1-26-22-40(27(2)25-41)37(43)32-15-10-16-33(38-35(42)21-28-11-6-4-7-12-28)36(32)45-34(26)24-39(3)23-29-17-19-31(20-18-29)44-30-13-8-5-9-14-30/h4-20,26-27,34,41H,21-25H2,1-3H3,(H,38,42)/t26-,27+,34+/m0/s1. The van der Waals surface area contributed by atoms with Gasteiger partial charge in [-0.25, -0.2) is 0 Å². The minimum atomic E-state index is -0.378. The lowest BCUT2D eigenvalue weighted by Gasteiger charge is -2.38. The lowest BCUT2D eigenvalue weighted by atomic mass is 9.98. The van der Waals surface area contributed by atoms with Crippen LogP contribution < -0.4 is 14.8 Å². The van der Waals surface area contributed by atoms with Gasteiger partial charge in [-0.1, -0.05) is 73.7 Å². The van der Waals surface area contributed by atoms with Gasteiger partial charge in [-0.3, -0.25) is 14.5 Å². The molecule has 0 saturated heterocycles. The number of ether oxygens (including phenoxy) is 2. The number of nitrogens with one attached hydrogen (secondary N) is 1. The quantitative estimate of drug-likeness (QED) is 0.217. The average molecular weight is 608 g/mol. The first-order valence-electron chi connectivity index (χ1n) is 15.4. The van der Waals surface area contributed by atoms with Crippen LogP contribution in [0.5, 0.6) is 17.2 Å². The van der Waals surface area contributed by atoms with Gasteiger partial charge in [0, 0.05) is 25.6 Å². The molecule has 8 nitrogen and oxygen atoms in total. The van der Waals surface area contributed by atoms with Gasteiger partial charge in [0.2, 0.25) is 5.91 Å². The van der Waals surface area contributed by atoms with E-state index in [0.29, 0.717) is 36.6 Å². The largest absolute Gasteiger partial charge is 0.486 e. The summed E-state index contributed by atoms with van der Waals surface area (Å²) < 4.78 is 12.6. The fraction of sp³-hybridized carbons (Fsp3) is 0.297. The van der Waals surface area contributed by atoms with Crippen LogP contribution in [-0.2, 0) is 17.8 Å². The molecule has 0 fully saturated rings.